The zero-order valence-electron chi connectivity index (χ0n) is 10.3. The number of hydrogen-bond donors (Lipinski definition) is 2. The number of ether oxygens (including phenoxy) is 1. The van der Waals surface area contributed by atoms with Crippen LogP contribution in [0.3, 0.4) is 0 Å². The Labute approximate surface area is 119 Å². The van der Waals surface area contributed by atoms with Gasteiger partial charge in [0.15, 0.2) is 0 Å². The van der Waals surface area contributed by atoms with Crippen LogP contribution in [0.2, 0.25) is 5.02 Å². The van der Waals surface area contributed by atoms with Gasteiger partial charge >= 0.3 is 5.97 Å². The van der Waals surface area contributed by atoms with E-state index >= 15 is 0 Å². The van der Waals surface area contributed by atoms with Crippen molar-refractivity contribution in [1.82, 2.24) is 0 Å². The van der Waals surface area contributed by atoms with Gasteiger partial charge < -0.3 is 15.6 Å². The van der Waals surface area contributed by atoms with Gasteiger partial charge in [-0.05, 0) is 35.9 Å². The fourth-order valence-electron chi connectivity index (χ4n) is 1.60. The molecule has 0 bridgehead atoms. The lowest BCUT2D eigenvalue weighted by atomic mass is 10.2. The molecule has 2 aromatic carbocycles. The average Bonchev–Trinajstić information content (AvgIpc) is 2.41. The van der Waals surface area contributed by atoms with Crippen LogP contribution in [0.1, 0.15) is 15.9 Å². The van der Waals surface area contributed by atoms with Crippen LogP contribution in [-0.2, 0) is 6.61 Å². The molecular formula is C14H11ClFNO3. The highest BCUT2D eigenvalue weighted by Crippen LogP contribution is 2.24. The molecule has 0 aliphatic carbocycles. The molecule has 0 heterocycles. The minimum absolute atomic E-state index is 0.0408. The van der Waals surface area contributed by atoms with E-state index in [0.717, 1.165) is 0 Å². The summed E-state index contributed by atoms with van der Waals surface area (Å²) in [7, 11) is 0. The number of aromatic carboxylic acids is 1. The summed E-state index contributed by atoms with van der Waals surface area (Å²) < 4.78 is 18.7. The highest BCUT2D eigenvalue weighted by molar-refractivity contribution is 6.30. The number of nitrogens with two attached hydrogens (primary N) is 1. The van der Waals surface area contributed by atoms with Crippen molar-refractivity contribution in [3.63, 3.8) is 0 Å². The second kappa shape index (κ2) is 5.79. The minimum Gasteiger partial charge on any atom is -0.487 e. The maximum atomic E-state index is 13.2. The highest BCUT2D eigenvalue weighted by atomic mass is 35.5. The molecule has 0 fully saturated rings. The van der Waals surface area contributed by atoms with E-state index in [0.29, 0.717) is 11.3 Å². The van der Waals surface area contributed by atoms with Crippen molar-refractivity contribution in [3.05, 3.63) is 58.4 Å². The van der Waals surface area contributed by atoms with E-state index in [1.54, 1.807) is 6.07 Å². The van der Waals surface area contributed by atoms with Crippen molar-refractivity contribution >= 4 is 23.3 Å². The molecule has 0 aromatic heterocycles. The molecule has 20 heavy (non-hydrogen) atoms. The van der Waals surface area contributed by atoms with Crippen LogP contribution in [0.4, 0.5) is 10.1 Å². The summed E-state index contributed by atoms with van der Waals surface area (Å²) in [5, 5.41) is 8.85. The molecule has 2 rings (SSSR count). The van der Waals surface area contributed by atoms with Gasteiger partial charge in [0.1, 0.15) is 18.2 Å². The molecule has 0 radical (unpaired) electrons. The SMILES string of the molecule is Nc1cc(C(=O)O)ccc1OCc1ccc(Cl)c(F)c1. The van der Waals surface area contributed by atoms with Gasteiger partial charge in [-0.15, -0.1) is 0 Å². The number of hydrogen-bond acceptors (Lipinski definition) is 3. The van der Waals surface area contributed by atoms with Crippen molar-refractivity contribution in [2.45, 2.75) is 6.61 Å². The smallest absolute Gasteiger partial charge is 0.335 e. The van der Waals surface area contributed by atoms with Crippen molar-refractivity contribution in [2.24, 2.45) is 0 Å². The summed E-state index contributed by atoms with van der Waals surface area (Å²) in [5.74, 6) is -1.25. The van der Waals surface area contributed by atoms with Crippen molar-refractivity contribution in [3.8, 4) is 5.75 Å². The van der Waals surface area contributed by atoms with Crippen LogP contribution < -0.4 is 10.5 Å². The maximum absolute atomic E-state index is 13.2. The van der Waals surface area contributed by atoms with Gasteiger partial charge in [-0.2, -0.15) is 0 Å². The zero-order valence-corrected chi connectivity index (χ0v) is 11.0. The molecule has 0 saturated heterocycles. The van der Waals surface area contributed by atoms with Gasteiger partial charge in [0, 0.05) is 0 Å². The van der Waals surface area contributed by atoms with E-state index in [1.165, 1.54) is 30.3 Å². The van der Waals surface area contributed by atoms with Crippen LogP contribution in [0.15, 0.2) is 36.4 Å². The van der Waals surface area contributed by atoms with E-state index in [9.17, 15) is 9.18 Å². The van der Waals surface area contributed by atoms with E-state index in [-0.39, 0.29) is 22.9 Å². The van der Waals surface area contributed by atoms with Gasteiger partial charge in [0.2, 0.25) is 0 Å². The number of carboxylic acid groups (broad SMARTS) is 1. The number of halogens is 2. The van der Waals surface area contributed by atoms with Crippen LogP contribution in [0, 0.1) is 5.82 Å². The summed E-state index contributed by atoms with van der Waals surface area (Å²) in [6, 6.07) is 8.49. The predicted molar refractivity (Wildman–Crippen MR) is 73.6 cm³/mol. The van der Waals surface area contributed by atoms with Crippen molar-refractivity contribution in [2.75, 3.05) is 5.73 Å². The standard InChI is InChI=1S/C14H11ClFNO3/c15-10-3-1-8(5-11(10)16)7-20-13-4-2-9(14(18)19)6-12(13)17/h1-6H,7,17H2,(H,18,19). The lowest BCUT2D eigenvalue weighted by Crippen LogP contribution is -2.02. The molecule has 0 amide bonds. The first kappa shape index (κ1) is 14.1. The second-order valence-electron chi connectivity index (χ2n) is 4.09. The monoisotopic (exact) mass is 295 g/mol. The van der Waals surface area contributed by atoms with Crippen LogP contribution in [0.5, 0.6) is 5.75 Å². The van der Waals surface area contributed by atoms with E-state index < -0.39 is 11.8 Å². The molecule has 0 saturated carbocycles. The minimum atomic E-state index is -1.07. The second-order valence-corrected chi connectivity index (χ2v) is 4.50. The molecule has 6 heteroatoms. The fraction of sp³-hybridized carbons (Fsp3) is 0.0714. The predicted octanol–water partition coefficient (Wildman–Crippen LogP) is 3.34. The Morgan fingerprint density at radius 3 is 2.65 bits per heavy atom. The molecule has 4 nitrogen and oxygen atoms in total. The maximum Gasteiger partial charge on any atom is 0.335 e. The summed E-state index contributed by atoms with van der Waals surface area (Å²) in [5.41, 5.74) is 6.57. The van der Waals surface area contributed by atoms with Gasteiger partial charge in [-0.25, -0.2) is 9.18 Å². The van der Waals surface area contributed by atoms with Crippen LogP contribution in [-0.4, -0.2) is 11.1 Å². The molecule has 0 aliphatic heterocycles. The molecule has 104 valence electrons. The number of anilines is 1. The van der Waals surface area contributed by atoms with Gasteiger partial charge in [0.05, 0.1) is 16.3 Å². The van der Waals surface area contributed by atoms with Crippen LogP contribution in [0.25, 0.3) is 0 Å². The largest absolute Gasteiger partial charge is 0.487 e. The third-order valence-corrected chi connectivity index (χ3v) is 2.94. The number of carbonyl (C=O) groups is 1. The van der Waals surface area contributed by atoms with Gasteiger partial charge in [0.25, 0.3) is 0 Å². The third kappa shape index (κ3) is 3.19. The number of benzene rings is 2. The molecule has 0 aliphatic rings. The van der Waals surface area contributed by atoms with E-state index in [2.05, 4.69) is 0 Å². The van der Waals surface area contributed by atoms with Crippen LogP contribution >= 0.6 is 11.6 Å². The normalized spacial score (nSPS) is 10.3. The lowest BCUT2D eigenvalue weighted by molar-refractivity contribution is 0.0697. The number of carboxylic acids is 1. The van der Waals surface area contributed by atoms with Crippen molar-refractivity contribution in [1.29, 1.82) is 0 Å². The summed E-state index contributed by atoms with van der Waals surface area (Å²) >= 11 is 5.58. The lowest BCUT2D eigenvalue weighted by Gasteiger charge is -2.10. The van der Waals surface area contributed by atoms with E-state index in [4.69, 9.17) is 27.2 Å². The molecule has 3 N–H and O–H groups in total. The number of nitrogen functional groups attached to an aromatic ring is 1. The first-order valence-electron chi connectivity index (χ1n) is 5.67. The molecule has 0 atom stereocenters. The fourth-order valence-corrected chi connectivity index (χ4v) is 1.72. The highest BCUT2D eigenvalue weighted by Gasteiger charge is 2.08. The molecular weight excluding hydrogens is 285 g/mol. The number of rotatable bonds is 4. The molecule has 0 unspecified atom stereocenters. The topological polar surface area (TPSA) is 72.6 Å². The summed E-state index contributed by atoms with van der Waals surface area (Å²) in [4.78, 5) is 10.8. The first-order chi connectivity index (χ1) is 9.47. The Bertz CT molecular complexity index is 661. The Kier molecular flexibility index (Phi) is 4.10. The van der Waals surface area contributed by atoms with E-state index in [1.807, 2.05) is 0 Å². The zero-order chi connectivity index (χ0) is 14.7. The Morgan fingerprint density at radius 2 is 2.05 bits per heavy atom. The quantitative estimate of drug-likeness (QED) is 0.849. The third-order valence-electron chi connectivity index (χ3n) is 2.64. The van der Waals surface area contributed by atoms with Gasteiger partial charge in [-0.3, -0.25) is 0 Å². The average molecular weight is 296 g/mol. The first-order valence-corrected chi connectivity index (χ1v) is 6.04. The van der Waals surface area contributed by atoms with Gasteiger partial charge in [-0.1, -0.05) is 17.7 Å². The molecule has 0 spiro atoms. The Hall–Kier alpha value is -2.27. The summed E-state index contributed by atoms with van der Waals surface area (Å²) in [6.07, 6.45) is 0. The Balaban J connectivity index is 2.10. The summed E-state index contributed by atoms with van der Waals surface area (Å²) in [6.45, 7) is 0.102. The van der Waals surface area contributed by atoms with Crippen molar-refractivity contribution < 1.29 is 19.0 Å². The Morgan fingerprint density at radius 1 is 1.30 bits per heavy atom. The molecule has 2 aromatic rings.